The van der Waals surface area contributed by atoms with E-state index >= 15 is 0 Å². The predicted molar refractivity (Wildman–Crippen MR) is 80.9 cm³/mol. The van der Waals surface area contributed by atoms with E-state index in [1.54, 1.807) is 36.4 Å². The minimum atomic E-state index is -1.23. The summed E-state index contributed by atoms with van der Waals surface area (Å²) in [6.07, 6.45) is 0.679. The summed E-state index contributed by atoms with van der Waals surface area (Å²) in [6.45, 7) is 0.582. The third-order valence-corrected chi connectivity index (χ3v) is 4.31. The van der Waals surface area contributed by atoms with Crippen LogP contribution < -0.4 is 5.32 Å². The van der Waals surface area contributed by atoms with Gasteiger partial charge in [0, 0.05) is 5.92 Å². The highest BCUT2D eigenvalue weighted by molar-refractivity contribution is 5.83. The van der Waals surface area contributed by atoms with Crippen LogP contribution in [0.2, 0.25) is 0 Å². The first-order valence-electron chi connectivity index (χ1n) is 7.11. The van der Waals surface area contributed by atoms with Crippen LogP contribution in [0.5, 0.6) is 11.5 Å². The summed E-state index contributed by atoms with van der Waals surface area (Å²) in [5.41, 5.74) is 0.233. The molecule has 0 aliphatic carbocycles. The van der Waals surface area contributed by atoms with E-state index in [1.165, 1.54) is 12.1 Å². The molecule has 0 spiro atoms. The summed E-state index contributed by atoms with van der Waals surface area (Å²) in [5, 5.41) is 31.9. The second-order valence-corrected chi connectivity index (χ2v) is 5.52. The highest BCUT2D eigenvalue weighted by Crippen LogP contribution is 2.44. The Morgan fingerprint density at radius 3 is 2.09 bits per heavy atom. The number of nitrogens with one attached hydrogen (secondary N) is 1. The van der Waals surface area contributed by atoms with Gasteiger partial charge in [-0.25, -0.2) is 4.79 Å². The molecule has 4 N–H and O–H groups in total. The lowest BCUT2D eigenvalue weighted by Gasteiger charge is -2.32. The van der Waals surface area contributed by atoms with Gasteiger partial charge in [0.1, 0.15) is 17.0 Å². The normalized spacial score (nSPS) is 24.3. The lowest BCUT2D eigenvalue weighted by Crippen LogP contribution is -2.48. The number of aliphatic carboxylic acids is 1. The van der Waals surface area contributed by atoms with E-state index in [2.05, 4.69) is 5.32 Å². The van der Waals surface area contributed by atoms with E-state index in [9.17, 15) is 20.1 Å². The molecule has 2 aromatic carbocycles. The number of carbonyl (C=O) groups is 1. The Labute approximate surface area is 127 Å². The lowest BCUT2D eigenvalue weighted by atomic mass is 9.76. The molecule has 22 heavy (non-hydrogen) atoms. The average molecular weight is 299 g/mol. The SMILES string of the molecule is O=C(O)[C@@]1(c2ccc(O)cc2)NCCC1c1ccc(O)cc1. The molecule has 3 rings (SSSR count). The molecular formula is C17H17NO4. The third-order valence-electron chi connectivity index (χ3n) is 4.31. The first-order chi connectivity index (χ1) is 10.5. The first kappa shape index (κ1) is 14.4. The fourth-order valence-corrected chi connectivity index (χ4v) is 3.25. The quantitative estimate of drug-likeness (QED) is 0.697. The number of phenolic OH excluding ortho intramolecular Hbond substituents is 2. The molecule has 0 amide bonds. The molecule has 5 heteroatoms. The van der Waals surface area contributed by atoms with E-state index in [0.717, 1.165) is 5.56 Å². The van der Waals surface area contributed by atoms with Crippen LogP contribution in [0, 0.1) is 0 Å². The van der Waals surface area contributed by atoms with Crippen molar-refractivity contribution in [3.05, 3.63) is 59.7 Å². The van der Waals surface area contributed by atoms with E-state index in [1.807, 2.05) is 0 Å². The number of hydrogen-bond acceptors (Lipinski definition) is 4. The second kappa shape index (κ2) is 5.35. The van der Waals surface area contributed by atoms with E-state index < -0.39 is 11.5 Å². The molecule has 1 aliphatic heterocycles. The summed E-state index contributed by atoms with van der Waals surface area (Å²) in [7, 11) is 0. The minimum absolute atomic E-state index is 0.100. The summed E-state index contributed by atoms with van der Waals surface area (Å²) in [4.78, 5) is 12.1. The molecule has 1 aliphatic rings. The molecule has 0 bridgehead atoms. The summed E-state index contributed by atoms with van der Waals surface area (Å²) < 4.78 is 0. The molecule has 0 saturated carbocycles. The van der Waals surface area contributed by atoms with Gasteiger partial charge in [-0.1, -0.05) is 24.3 Å². The maximum Gasteiger partial charge on any atom is 0.329 e. The van der Waals surface area contributed by atoms with Gasteiger partial charge >= 0.3 is 5.97 Å². The number of rotatable bonds is 3. The second-order valence-electron chi connectivity index (χ2n) is 5.52. The van der Waals surface area contributed by atoms with Gasteiger partial charge in [0.05, 0.1) is 0 Å². The van der Waals surface area contributed by atoms with Crippen molar-refractivity contribution in [3.8, 4) is 11.5 Å². The molecule has 1 saturated heterocycles. The number of carboxylic acids is 1. The molecule has 1 unspecified atom stereocenters. The van der Waals surface area contributed by atoms with Crippen molar-refractivity contribution in [3.63, 3.8) is 0 Å². The van der Waals surface area contributed by atoms with Gasteiger partial charge < -0.3 is 15.3 Å². The highest BCUT2D eigenvalue weighted by atomic mass is 16.4. The number of carboxylic acid groups (broad SMARTS) is 1. The first-order valence-corrected chi connectivity index (χ1v) is 7.11. The van der Waals surface area contributed by atoms with Crippen molar-refractivity contribution in [2.45, 2.75) is 17.9 Å². The fourth-order valence-electron chi connectivity index (χ4n) is 3.25. The summed E-state index contributed by atoms with van der Waals surface area (Å²) in [6, 6.07) is 12.9. The van der Waals surface area contributed by atoms with Crippen LogP contribution in [-0.2, 0) is 10.3 Å². The summed E-state index contributed by atoms with van der Waals surface area (Å²) >= 11 is 0. The van der Waals surface area contributed by atoms with E-state index in [-0.39, 0.29) is 17.4 Å². The molecule has 114 valence electrons. The zero-order valence-electron chi connectivity index (χ0n) is 11.9. The fraction of sp³-hybridized carbons (Fsp3) is 0.235. The Kier molecular flexibility index (Phi) is 3.50. The lowest BCUT2D eigenvalue weighted by molar-refractivity contribution is -0.145. The largest absolute Gasteiger partial charge is 0.508 e. The van der Waals surface area contributed by atoms with Crippen LogP contribution in [0.3, 0.4) is 0 Å². The van der Waals surface area contributed by atoms with Crippen molar-refractivity contribution in [2.75, 3.05) is 6.54 Å². The maximum atomic E-state index is 12.1. The van der Waals surface area contributed by atoms with Crippen molar-refractivity contribution in [2.24, 2.45) is 0 Å². The standard InChI is InChI=1S/C17H17NO4/c19-13-5-1-11(2-6-13)15-9-10-18-17(15,16(21)22)12-3-7-14(20)8-4-12/h1-8,15,18-20H,9-10H2,(H,21,22)/t15?,17-/m0/s1. The molecule has 0 radical (unpaired) electrons. The van der Waals surface area contributed by atoms with Gasteiger partial charge in [-0.3, -0.25) is 5.32 Å². The van der Waals surface area contributed by atoms with Crippen LogP contribution in [0.1, 0.15) is 23.5 Å². The Bertz CT molecular complexity index is 681. The predicted octanol–water partition coefficient (Wildman–Crippen LogP) is 2.15. The van der Waals surface area contributed by atoms with Gasteiger partial charge in [0.15, 0.2) is 0 Å². The Balaban J connectivity index is 2.10. The van der Waals surface area contributed by atoms with Crippen LogP contribution >= 0.6 is 0 Å². The number of aromatic hydroxyl groups is 2. The van der Waals surface area contributed by atoms with Crippen LogP contribution in [0.25, 0.3) is 0 Å². The molecule has 1 fully saturated rings. The van der Waals surface area contributed by atoms with Gasteiger partial charge in [-0.05, 0) is 48.4 Å². The molecule has 1 heterocycles. The van der Waals surface area contributed by atoms with Gasteiger partial charge in [0.25, 0.3) is 0 Å². The third kappa shape index (κ3) is 2.19. The van der Waals surface area contributed by atoms with Gasteiger partial charge in [-0.2, -0.15) is 0 Å². The van der Waals surface area contributed by atoms with Crippen LogP contribution in [0.4, 0.5) is 0 Å². The maximum absolute atomic E-state index is 12.1. The Morgan fingerprint density at radius 2 is 1.55 bits per heavy atom. The molecular weight excluding hydrogens is 282 g/mol. The highest BCUT2D eigenvalue weighted by Gasteiger charge is 2.51. The van der Waals surface area contributed by atoms with Crippen molar-refractivity contribution in [1.29, 1.82) is 0 Å². The van der Waals surface area contributed by atoms with Crippen LogP contribution in [0.15, 0.2) is 48.5 Å². The van der Waals surface area contributed by atoms with Crippen molar-refractivity contribution >= 4 is 5.97 Å². The van der Waals surface area contributed by atoms with Gasteiger partial charge in [0.2, 0.25) is 0 Å². The molecule has 5 nitrogen and oxygen atoms in total. The molecule has 2 aromatic rings. The average Bonchev–Trinajstić information content (AvgIpc) is 2.95. The zero-order valence-corrected chi connectivity index (χ0v) is 11.9. The Hall–Kier alpha value is -2.53. The topological polar surface area (TPSA) is 89.8 Å². The number of hydrogen-bond donors (Lipinski definition) is 4. The van der Waals surface area contributed by atoms with E-state index in [0.29, 0.717) is 18.5 Å². The monoisotopic (exact) mass is 299 g/mol. The smallest absolute Gasteiger partial charge is 0.329 e. The van der Waals surface area contributed by atoms with Crippen molar-refractivity contribution < 1.29 is 20.1 Å². The molecule has 2 atom stereocenters. The Morgan fingerprint density at radius 1 is 1.00 bits per heavy atom. The van der Waals surface area contributed by atoms with Crippen molar-refractivity contribution in [1.82, 2.24) is 5.32 Å². The molecule has 0 aromatic heterocycles. The summed E-state index contributed by atoms with van der Waals surface area (Å²) in [5.74, 6) is -0.951. The van der Waals surface area contributed by atoms with E-state index in [4.69, 9.17) is 0 Å². The van der Waals surface area contributed by atoms with Gasteiger partial charge in [-0.15, -0.1) is 0 Å². The number of phenols is 2. The number of benzene rings is 2. The minimum Gasteiger partial charge on any atom is -0.508 e. The zero-order chi connectivity index (χ0) is 15.7. The van der Waals surface area contributed by atoms with Crippen LogP contribution in [-0.4, -0.2) is 27.8 Å².